The number of nitrogens with zero attached hydrogens (tertiary/aromatic N) is 4. The Kier molecular flexibility index (Phi) is 8.14. The van der Waals surface area contributed by atoms with Gasteiger partial charge in [0.2, 0.25) is 15.9 Å². The molecule has 0 aromatic heterocycles. The topological polar surface area (TPSA) is 84.7 Å². The molecule has 9 heteroatoms. The van der Waals surface area contributed by atoms with Gasteiger partial charge in [-0.25, -0.2) is 17.1 Å². The summed E-state index contributed by atoms with van der Waals surface area (Å²) < 4.78 is 39.1. The fourth-order valence-corrected chi connectivity index (χ4v) is 4.63. The van der Waals surface area contributed by atoms with Crippen LogP contribution < -0.4 is 0 Å². The average Bonchev–Trinajstić information content (AvgIpc) is 2.69. The van der Waals surface area contributed by atoms with Gasteiger partial charge in [-0.3, -0.25) is 9.69 Å². The van der Waals surface area contributed by atoms with E-state index >= 15 is 0 Å². The van der Waals surface area contributed by atoms with E-state index in [1.54, 1.807) is 4.90 Å². The van der Waals surface area contributed by atoms with Crippen LogP contribution in [0.4, 0.5) is 4.39 Å². The second kappa shape index (κ2) is 10.1. The van der Waals surface area contributed by atoms with Gasteiger partial charge < -0.3 is 4.90 Å². The predicted molar refractivity (Wildman–Crippen MR) is 108 cm³/mol. The van der Waals surface area contributed by atoms with Crippen molar-refractivity contribution >= 4 is 15.9 Å². The summed E-state index contributed by atoms with van der Waals surface area (Å²) in [6.07, 6.45) is 0.665. The summed E-state index contributed by atoms with van der Waals surface area (Å²) in [6, 6.07) is 6.88. The van der Waals surface area contributed by atoms with Crippen LogP contribution in [-0.2, 0) is 14.8 Å². The SMILES string of the molecule is CC(C)[C@@H](C#N)N1CCN(C(=O)CCCN(C)S(=O)(=O)c2ccc(F)cc2)CC1. The van der Waals surface area contributed by atoms with Crippen molar-refractivity contribution in [2.75, 3.05) is 39.8 Å². The first kappa shape index (κ1) is 23.3. The fourth-order valence-electron chi connectivity index (χ4n) is 3.42. The molecule has 1 aliphatic heterocycles. The maximum atomic E-state index is 13.0. The highest BCUT2D eigenvalue weighted by Crippen LogP contribution is 2.16. The van der Waals surface area contributed by atoms with Gasteiger partial charge in [0, 0.05) is 46.2 Å². The van der Waals surface area contributed by atoms with E-state index in [9.17, 15) is 22.9 Å². The molecule has 0 aliphatic carbocycles. The number of sulfonamides is 1. The average molecular weight is 425 g/mol. The van der Waals surface area contributed by atoms with Crippen LogP contribution in [0.25, 0.3) is 0 Å². The lowest BCUT2D eigenvalue weighted by molar-refractivity contribution is -0.133. The van der Waals surface area contributed by atoms with Gasteiger partial charge in [0.25, 0.3) is 0 Å². The minimum Gasteiger partial charge on any atom is -0.340 e. The highest BCUT2D eigenvalue weighted by Gasteiger charge is 2.28. The van der Waals surface area contributed by atoms with Gasteiger partial charge in [-0.05, 0) is 36.6 Å². The van der Waals surface area contributed by atoms with Crippen LogP contribution in [0.3, 0.4) is 0 Å². The maximum Gasteiger partial charge on any atom is 0.242 e. The zero-order valence-corrected chi connectivity index (χ0v) is 18.0. The van der Waals surface area contributed by atoms with Crippen molar-refractivity contribution in [3.8, 4) is 6.07 Å². The molecule has 1 aliphatic rings. The van der Waals surface area contributed by atoms with Crippen LogP contribution in [0.5, 0.6) is 0 Å². The maximum absolute atomic E-state index is 13.0. The van der Waals surface area contributed by atoms with Crippen LogP contribution in [0.15, 0.2) is 29.2 Å². The van der Waals surface area contributed by atoms with Gasteiger partial charge in [0.15, 0.2) is 0 Å². The van der Waals surface area contributed by atoms with E-state index in [4.69, 9.17) is 0 Å². The van der Waals surface area contributed by atoms with E-state index in [1.165, 1.54) is 23.5 Å². The monoisotopic (exact) mass is 424 g/mol. The Hall–Kier alpha value is -2.02. The molecular formula is C20H29FN4O3S. The van der Waals surface area contributed by atoms with E-state index in [0.717, 1.165) is 12.1 Å². The lowest BCUT2D eigenvalue weighted by Gasteiger charge is -2.38. The predicted octanol–water partition coefficient (Wildman–Crippen LogP) is 1.92. The molecule has 2 rings (SSSR count). The first-order valence-corrected chi connectivity index (χ1v) is 11.2. The van der Waals surface area contributed by atoms with E-state index in [2.05, 4.69) is 11.0 Å². The fraction of sp³-hybridized carbons (Fsp3) is 0.600. The first-order chi connectivity index (χ1) is 13.7. The molecule has 7 nitrogen and oxygen atoms in total. The van der Waals surface area contributed by atoms with Crippen LogP contribution in [0.2, 0.25) is 0 Å². The molecule has 1 fully saturated rings. The summed E-state index contributed by atoms with van der Waals surface area (Å²) >= 11 is 0. The number of hydrogen-bond acceptors (Lipinski definition) is 5. The summed E-state index contributed by atoms with van der Waals surface area (Å²) in [7, 11) is -2.25. The van der Waals surface area contributed by atoms with Crippen LogP contribution in [0.1, 0.15) is 26.7 Å². The summed E-state index contributed by atoms with van der Waals surface area (Å²) in [5.41, 5.74) is 0. The Bertz CT molecular complexity index is 828. The smallest absolute Gasteiger partial charge is 0.242 e. The van der Waals surface area contributed by atoms with Gasteiger partial charge in [-0.1, -0.05) is 13.8 Å². The number of piperazine rings is 1. The zero-order valence-electron chi connectivity index (χ0n) is 17.2. The van der Waals surface area contributed by atoms with Gasteiger partial charge in [0.1, 0.15) is 11.9 Å². The minimum atomic E-state index is -3.70. The summed E-state index contributed by atoms with van der Waals surface area (Å²) in [5.74, 6) is -0.261. The Balaban J connectivity index is 1.80. The quantitative estimate of drug-likeness (QED) is 0.637. The largest absolute Gasteiger partial charge is 0.340 e. The lowest BCUT2D eigenvalue weighted by Crippen LogP contribution is -2.52. The normalized spacial score (nSPS) is 16.8. The molecule has 1 amide bonds. The number of amides is 1. The summed E-state index contributed by atoms with van der Waals surface area (Å²) in [5, 5.41) is 9.31. The molecule has 0 saturated carbocycles. The third-order valence-corrected chi connectivity index (χ3v) is 7.08. The van der Waals surface area contributed by atoms with Crippen LogP contribution in [0, 0.1) is 23.1 Å². The third-order valence-electron chi connectivity index (χ3n) is 5.21. The Labute approximate surface area is 172 Å². The first-order valence-electron chi connectivity index (χ1n) is 9.80. The molecule has 1 aromatic rings. The van der Waals surface area contributed by atoms with Crippen molar-refractivity contribution in [3.05, 3.63) is 30.1 Å². The summed E-state index contributed by atoms with van der Waals surface area (Å²) in [6.45, 7) is 6.72. The van der Waals surface area contributed by atoms with Gasteiger partial charge in [-0.15, -0.1) is 0 Å². The molecule has 1 atom stereocenters. The summed E-state index contributed by atoms with van der Waals surface area (Å²) in [4.78, 5) is 16.4. The van der Waals surface area contributed by atoms with Gasteiger partial charge in [-0.2, -0.15) is 5.26 Å². The van der Waals surface area contributed by atoms with Crippen molar-refractivity contribution in [3.63, 3.8) is 0 Å². The number of halogens is 1. The molecule has 160 valence electrons. The second-order valence-electron chi connectivity index (χ2n) is 7.62. The van der Waals surface area contributed by atoms with E-state index in [1.807, 2.05) is 13.8 Å². The molecule has 0 radical (unpaired) electrons. The van der Waals surface area contributed by atoms with Crippen LogP contribution in [-0.4, -0.2) is 74.2 Å². The number of hydrogen-bond donors (Lipinski definition) is 0. The van der Waals surface area contributed by atoms with E-state index < -0.39 is 15.8 Å². The molecular weight excluding hydrogens is 395 g/mol. The van der Waals surface area contributed by atoms with E-state index in [0.29, 0.717) is 32.6 Å². The van der Waals surface area contributed by atoms with Crippen LogP contribution >= 0.6 is 0 Å². The Morgan fingerprint density at radius 2 is 1.79 bits per heavy atom. The van der Waals surface area contributed by atoms with Crippen molar-refractivity contribution in [1.29, 1.82) is 5.26 Å². The standard InChI is InChI=1S/C20H29FN4O3S/c1-16(2)19(15-22)24-11-13-25(14-12-24)20(26)5-4-10-23(3)29(27,28)18-8-6-17(21)7-9-18/h6-9,16,19H,4-5,10-14H2,1-3H3/t19-/m1/s1. The number of carbonyl (C=O) groups is 1. The number of benzene rings is 1. The van der Waals surface area contributed by atoms with Crippen molar-refractivity contribution in [1.82, 2.24) is 14.1 Å². The minimum absolute atomic E-state index is 0.00437. The molecule has 1 aromatic carbocycles. The Morgan fingerprint density at radius 1 is 1.21 bits per heavy atom. The third kappa shape index (κ3) is 5.98. The lowest BCUT2D eigenvalue weighted by atomic mass is 10.0. The van der Waals surface area contributed by atoms with Crippen molar-refractivity contribution < 1.29 is 17.6 Å². The number of nitriles is 1. The second-order valence-corrected chi connectivity index (χ2v) is 9.66. The molecule has 0 N–H and O–H groups in total. The molecule has 0 bridgehead atoms. The van der Waals surface area contributed by atoms with Crippen molar-refractivity contribution in [2.24, 2.45) is 5.92 Å². The highest BCUT2D eigenvalue weighted by molar-refractivity contribution is 7.89. The zero-order chi connectivity index (χ0) is 21.6. The molecule has 29 heavy (non-hydrogen) atoms. The molecule has 0 unspecified atom stereocenters. The number of carbonyl (C=O) groups excluding carboxylic acids is 1. The molecule has 1 heterocycles. The Morgan fingerprint density at radius 3 is 2.31 bits per heavy atom. The molecule has 0 spiro atoms. The van der Waals surface area contributed by atoms with Gasteiger partial charge >= 0.3 is 0 Å². The number of rotatable bonds is 8. The van der Waals surface area contributed by atoms with Gasteiger partial charge in [0.05, 0.1) is 11.0 Å². The molecule has 1 saturated heterocycles. The highest BCUT2D eigenvalue weighted by atomic mass is 32.2. The van der Waals surface area contributed by atoms with Crippen molar-refractivity contribution in [2.45, 2.75) is 37.6 Å². The van der Waals surface area contributed by atoms with E-state index in [-0.39, 0.29) is 35.7 Å².